The third-order valence-corrected chi connectivity index (χ3v) is 4.07. The third-order valence-electron chi connectivity index (χ3n) is 2.95. The predicted octanol–water partition coefficient (Wildman–Crippen LogP) is 2.48. The second kappa shape index (κ2) is 4.35. The zero-order valence-corrected chi connectivity index (χ0v) is 11.6. The molecule has 0 spiro atoms. The van der Waals surface area contributed by atoms with Gasteiger partial charge in [0.1, 0.15) is 5.41 Å². The van der Waals surface area contributed by atoms with Gasteiger partial charge in [-0.3, -0.25) is 9.59 Å². The van der Waals surface area contributed by atoms with Crippen LogP contribution in [0.2, 0.25) is 0 Å². The summed E-state index contributed by atoms with van der Waals surface area (Å²) in [6.07, 6.45) is 0.338. The molecule has 0 radical (unpaired) electrons. The maximum absolute atomic E-state index is 11.9. The van der Waals surface area contributed by atoms with Crippen molar-refractivity contribution in [3.8, 4) is 0 Å². The third kappa shape index (κ3) is 2.63. The highest BCUT2D eigenvalue weighted by molar-refractivity contribution is 6.67. The fourth-order valence-electron chi connectivity index (χ4n) is 1.60. The normalized spacial score (nSPS) is 26.8. The molecule has 1 saturated heterocycles. The Bertz CT molecular complexity index is 323. The van der Waals surface area contributed by atoms with Crippen LogP contribution in [0.15, 0.2) is 0 Å². The molecule has 1 N–H and O–H groups in total. The second-order valence-corrected chi connectivity index (χ2v) is 7.06. The molecular formula is C10H14Cl3NO2. The Hall–Kier alpha value is 0.01000. The molecule has 2 atom stereocenters. The van der Waals surface area contributed by atoms with E-state index in [0.29, 0.717) is 6.42 Å². The first-order valence-corrected chi connectivity index (χ1v) is 6.12. The van der Waals surface area contributed by atoms with Crippen molar-refractivity contribution >= 4 is 46.5 Å². The second-order valence-electron chi connectivity index (χ2n) is 4.69. The molecule has 0 aromatic rings. The molecule has 3 nitrogen and oxygen atoms in total. The maximum atomic E-state index is 11.9. The number of carbonyl (C=O) groups excluding carboxylic acids is 2. The zero-order valence-electron chi connectivity index (χ0n) is 9.31. The highest BCUT2D eigenvalue weighted by atomic mass is 35.6. The summed E-state index contributed by atoms with van der Waals surface area (Å²) in [4.78, 5) is 23.4. The van der Waals surface area contributed by atoms with Crippen molar-refractivity contribution in [2.24, 2.45) is 11.3 Å². The maximum Gasteiger partial charge on any atom is 0.233 e. The van der Waals surface area contributed by atoms with Gasteiger partial charge in [0, 0.05) is 5.92 Å². The largest absolute Gasteiger partial charge is 0.345 e. The molecule has 0 saturated carbocycles. The Morgan fingerprint density at radius 2 is 1.88 bits per heavy atom. The van der Waals surface area contributed by atoms with E-state index in [-0.39, 0.29) is 17.6 Å². The van der Waals surface area contributed by atoms with Crippen LogP contribution in [0.3, 0.4) is 0 Å². The van der Waals surface area contributed by atoms with Gasteiger partial charge in [-0.15, -0.1) is 0 Å². The number of hydrogen-bond donors (Lipinski definition) is 1. The average molecular weight is 287 g/mol. The summed E-state index contributed by atoms with van der Waals surface area (Å²) in [7, 11) is 0. The van der Waals surface area contributed by atoms with E-state index in [0.717, 1.165) is 0 Å². The average Bonchev–Trinajstić information content (AvgIpc) is 2.29. The molecule has 0 aromatic heterocycles. The molecule has 1 amide bonds. The summed E-state index contributed by atoms with van der Waals surface area (Å²) in [5, 5.41) is 2.63. The Labute approximate surface area is 110 Å². The van der Waals surface area contributed by atoms with Crippen LogP contribution < -0.4 is 5.32 Å². The van der Waals surface area contributed by atoms with E-state index in [4.69, 9.17) is 34.8 Å². The van der Waals surface area contributed by atoms with Gasteiger partial charge in [0.25, 0.3) is 0 Å². The first-order chi connectivity index (χ1) is 7.06. The van der Waals surface area contributed by atoms with Crippen LogP contribution in [0.25, 0.3) is 0 Å². The zero-order chi connectivity index (χ0) is 12.7. The molecule has 0 aromatic carbocycles. The molecule has 0 bridgehead atoms. The lowest BCUT2D eigenvalue weighted by Gasteiger charge is -2.22. The van der Waals surface area contributed by atoms with Gasteiger partial charge in [0.2, 0.25) is 5.91 Å². The van der Waals surface area contributed by atoms with Gasteiger partial charge in [-0.25, -0.2) is 0 Å². The minimum atomic E-state index is -1.42. The lowest BCUT2D eigenvalue weighted by Crippen LogP contribution is -2.34. The lowest BCUT2D eigenvalue weighted by atomic mass is 9.86. The van der Waals surface area contributed by atoms with Crippen molar-refractivity contribution in [2.45, 2.75) is 37.0 Å². The van der Waals surface area contributed by atoms with Crippen LogP contribution in [-0.2, 0) is 9.59 Å². The predicted molar refractivity (Wildman–Crippen MR) is 64.8 cm³/mol. The molecule has 92 valence electrons. The number of carbonyl (C=O) groups is 2. The lowest BCUT2D eigenvalue weighted by molar-refractivity contribution is -0.133. The molecule has 1 heterocycles. The number of amides is 1. The molecule has 6 heteroatoms. The van der Waals surface area contributed by atoms with Crippen LogP contribution >= 0.6 is 34.8 Å². The summed E-state index contributed by atoms with van der Waals surface area (Å²) >= 11 is 17.2. The summed E-state index contributed by atoms with van der Waals surface area (Å²) in [6, 6.07) is -0.548. The minimum absolute atomic E-state index is 0.140. The number of nitrogens with one attached hydrogen (secondary N) is 1. The highest BCUT2D eigenvalue weighted by Crippen LogP contribution is 2.39. The number of halogens is 3. The Balaban J connectivity index is 2.73. The number of ketones is 1. The molecule has 1 rings (SSSR count). The fraction of sp³-hybridized carbons (Fsp3) is 0.800. The highest BCUT2D eigenvalue weighted by Gasteiger charge is 2.48. The SMILES string of the molecule is CC(CC1NC(=O)C(C)(C)C1=O)C(Cl)(Cl)Cl. The van der Waals surface area contributed by atoms with E-state index in [1.54, 1.807) is 20.8 Å². The Morgan fingerprint density at radius 3 is 2.19 bits per heavy atom. The molecule has 16 heavy (non-hydrogen) atoms. The van der Waals surface area contributed by atoms with Gasteiger partial charge in [0.15, 0.2) is 9.58 Å². The van der Waals surface area contributed by atoms with Crippen molar-refractivity contribution in [3.63, 3.8) is 0 Å². The van der Waals surface area contributed by atoms with Crippen molar-refractivity contribution in [2.75, 3.05) is 0 Å². The van der Waals surface area contributed by atoms with Gasteiger partial charge >= 0.3 is 0 Å². The van der Waals surface area contributed by atoms with Gasteiger partial charge < -0.3 is 5.32 Å². The van der Waals surface area contributed by atoms with Gasteiger partial charge in [0.05, 0.1) is 6.04 Å². The molecule has 1 aliphatic heterocycles. The van der Waals surface area contributed by atoms with Crippen LogP contribution in [0.4, 0.5) is 0 Å². The van der Waals surface area contributed by atoms with E-state index in [9.17, 15) is 9.59 Å². The first kappa shape index (κ1) is 14.1. The molecule has 2 unspecified atom stereocenters. The number of rotatable bonds is 2. The molecule has 1 fully saturated rings. The topological polar surface area (TPSA) is 46.2 Å². The summed E-state index contributed by atoms with van der Waals surface area (Å²) in [6.45, 7) is 4.94. The van der Waals surface area contributed by atoms with E-state index < -0.39 is 15.2 Å². The van der Waals surface area contributed by atoms with Crippen LogP contribution in [0, 0.1) is 11.3 Å². The quantitative estimate of drug-likeness (QED) is 0.626. The number of hydrogen-bond acceptors (Lipinski definition) is 2. The van der Waals surface area contributed by atoms with Crippen molar-refractivity contribution in [1.82, 2.24) is 5.32 Å². The Morgan fingerprint density at radius 1 is 1.38 bits per heavy atom. The van der Waals surface area contributed by atoms with Crippen molar-refractivity contribution in [3.05, 3.63) is 0 Å². The number of alkyl halides is 3. The minimum Gasteiger partial charge on any atom is -0.345 e. The first-order valence-electron chi connectivity index (χ1n) is 4.99. The molecule has 1 aliphatic rings. The van der Waals surface area contributed by atoms with Crippen LogP contribution in [-0.4, -0.2) is 21.5 Å². The van der Waals surface area contributed by atoms with E-state index in [2.05, 4.69) is 5.32 Å². The van der Waals surface area contributed by atoms with Crippen LogP contribution in [0.1, 0.15) is 27.2 Å². The monoisotopic (exact) mass is 285 g/mol. The van der Waals surface area contributed by atoms with E-state index in [1.807, 2.05) is 0 Å². The standard InChI is InChI=1S/C10H14Cl3NO2/c1-5(10(11,12)13)4-6-7(15)9(2,3)8(16)14-6/h5-6H,4H2,1-3H3,(H,14,16). The molecule has 0 aliphatic carbocycles. The van der Waals surface area contributed by atoms with E-state index >= 15 is 0 Å². The number of Topliss-reactive ketones (excluding diaryl/α,β-unsaturated/α-hetero) is 1. The smallest absolute Gasteiger partial charge is 0.233 e. The summed E-state index contributed by atoms with van der Waals surface area (Å²) in [5.41, 5.74) is -0.974. The van der Waals surface area contributed by atoms with Crippen LogP contribution in [0.5, 0.6) is 0 Å². The van der Waals surface area contributed by atoms with Crippen molar-refractivity contribution in [1.29, 1.82) is 0 Å². The molecular weight excluding hydrogens is 272 g/mol. The van der Waals surface area contributed by atoms with Gasteiger partial charge in [-0.2, -0.15) is 0 Å². The van der Waals surface area contributed by atoms with Gasteiger partial charge in [-0.1, -0.05) is 41.7 Å². The van der Waals surface area contributed by atoms with E-state index in [1.165, 1.54) is 0 Å². The fourth-order valence-corrected chi connectivity index (χ4v) is 1.87. The van der Waals surface area contributed by atoms with Crippen molar-refractivity contribution < 1.29 is 9.59 Å². The van der Waals surface area contributed by atoms with Gasteiger partial charge in [-0.05, 0) is 20.3 Å². The summed E-state index contributed by atoms with van der Waals surface area (Å²) in [5.74, 6) is -0.710. The Kier molecular flexibility index (Phi) is 3.83. The summed E-state index contributed by atoms with van der Waals surface area (Å²) < 4.78 is -1.42.